The predicted molar refractivity (Wildman–Crippen MR) is 130 cm³/mol. The van der Waals surface area contributed by atoms with Gasteiger partial charge in [0.15, 0.2) is 4.34 Å². The Bertz CT molecular complexity index is 1050. The predicted octanol–water partition coefficient (Wildman–Crippen LogP) is 4.48. The van der Waals surface area contributed by atoms with E-state index in [1.165, 1.54) is 16.9 Å². The number of carbonyl (C=O) groups excluding carboxylic acids is 2. The minimum atomic E-state index is -0.248. The van der Waals surface area contributed by atoms with Crippen molar-refractivity contribution in [2.24, 2.45) is 5.92 Å². The molecule has 1 N–H and O–H groups in total. The van der Waals surface area contributed by atoms with Gasteiger partial charge >= 0.3 is 0 Å². The molecule has 1 saturated heterocycles. The normalized spacial score (nSPS) is 15.8. The van der Waals surface area contributed by atoms with Gasteiger partial charge in [-0.05, 0) is 30.5 Å². The third-order valence-corrected chi connectivity index (χ3v) is 7.36. The third kappa shape index (κ3) is 7.03. The van der Waals surface area contributed by atoms with Gasteiger partial charge in [-0.1, -0.05) is 71.6 Å². The van der Waals surface area contributed by atoms with Crippen LogP contribution >= 0.6 is 23.1 Å². The molecule has 3 aromatic rings. The molecule has 2 amide bonds. The van der Waals surface area contributed by atoms with Crippen molar-refractivity contribution in [3.05, 3.63) is 66.2 Å². The van der Waals surface area contributed by atoms with Crippen LogP contribution in [0.4, 0.5) is 5.13 Å². The number of carbonyl (C=O) groups is 2. The van der Waals surface area contributed by atoms with E-state index in [9.17, 15) is 9.59 Å². The lowest BCUT2D eigenvalue weighted by atomic mass is 9.97. The average Bonchev–Trinajstić information content (AvgIpc) is 3.31. The fourth-order valence-electron chi connectivity index (χ4n) is 3.59. The molecular weight excluding hydrogens is 456 g/mol. The number of aromatic nitrogens is 2. The molecular formula is C24H26N4O3S2. The Balaban J connectivity index is 1.22. The second-order valence-corrected chi connectivity index (χ2v) is 9.93. The highest BCUT2D eigenvalue weighted by Crippen LogP contribution is 2.29. The number of nitrogens with one attached hydrogen (secondary N) is 1. The maximum absolute atomic E-state index is 12.8. The van der Waals surface area contributed by atoms with E-state index in [0.717, 1.165) is 28.7 Å². The Labute approximate surface area is 201 Å². The summed E-state index contributed by atoms with van der Waals surface area (Å²) in [4.78, 5) is 27.1. The molecule has 0 radical (unpaired) electrons. The van der Waals surface area contributed by atoms with Gasteiger partial charge in [0.1, 0.15) is 5.75 Å². The van der Waals surface area contributed by atoms with Crippen LogP contribution in [0.3, 0.4) is 0 Å². The largest absolute Gasteiger partial charge is 0.493 e. The van der Waals surface area contributed by atoms with Gasteiger partial charge < -0.3 is 15.0 Å². The number of rotatable bonds is 9. The quantitative estimate of drug-likeness (QED) is 0.358. The number of hydrogen-bond donors (Lipinski definition) is 1. The molecule has 1 unspecified atom stereocenters. The van der Waals surface area contributed by atoms with Crippen LogP contribution in [0.2, 0.25) is 0 Å². The number of piperidine rings is 1. The second kappa shape index (κ2) is 11.8. The maximum atomic E-state index is 12.8. The number of anilines is 1. The lowest BCUT2D eigenvalue weighted by Crippen LogP contribution is -2.44. The summed E-state index contributed by atoms with van der Waals surface area (Å²) in [6.07, 6.45) is 1.85. The van der Waals surface area contributed by atoms with E-state index in [-0.39, 0.29) is 17.7 Å². The smallest absolute Gasteiger partial charge is 0.231 e. The SMILES string of the molecule is O=C(Nc1nnc(SCc2ccccc2)s1)C1CCCN(C(=O)CCOc2ccccc2)C1. The summed E-state index contributed by atoms with van der Waals surface area (Å²) >= 11 is 2.97. The Morgan fingerprint density at radius 2 is 1.85 bits per heavy atom. The molecule has 4 rings (SSSR count). The first kappa shape index (κ1) is 23.3. The molecule has 2 aromatic carbocycles. The Kier molecular flexibility index (Phi) is 8.32. The number of para-hydroxylation sites is 1. The van der Waals surface area contributed by atoms with E-state index >= 15 is 0 Å². The average molecular weight is 483 g/mol. The van der Waals surface area contributed by atoms with E-state index in [1.807, 2.05) is 48.5 Å². The van der Waals surface area contributed by atoms with Crippen LogP contribution in [-0.2, 0) is 15.3 Å². The molecule has 1 atom stereocenters. The molecule has 0 saturated carbocycles. The number of thioether (sulfide) groups is 1. The Morgan fingerprint density at radius 1 is 1.09 bits per heavy atom. The van der Waals surface area contributed by atoms with Crippen molar-refractivity contribution < 1.29 is 14.3 Å². The first-order valence-electron chi connectivity index (χ1n) is 10.9. The van der Waals surface area contributed by atoms with Crippen LogP contribution in [0.15, 0.2) is 65.0 Å². The minimum absolute atomic E-state index is 0.0129. The number of ether oxygens (including phenoxy) is 1. The van der Waals surface area contributed by atoms with Crippen molar-refractivity contribution in [1.29, 1.82) is 0 Å². The third-order valence-electron chi connectivity index (χ3n) is 5.31. The summed E-state index contributed by atoms with van der Waals surface area (Å²) in [5.74, 6) is 1.21. The molecule has 33 heavy (non-hydrogen) atoms. The summed E-state index contributed by atoms with van der Waals surface area (Å²) in [6.45, 7) is 1.42. The van der Waals surface area contributed by atoms with Gasteiger partial charge in [-0.25, -0.2) is 0 Å². The Hall–Kier alpha value is -2.91. The first-order valence-corrected chi connectivity index (χ1v) is 12.7. The van der Waals surface area contributed by atoms with Crippen LogP contribution in [0.25, 0.3) is 0 Å². The highest BCUT2D eigenvalue weighted by atomic mass is 32.2. The highest BCUT2D eigenvalue weighted by molar-refractivity contribution is 8.00. The molecule has 1 fully saturated rings. The molecule has 0 bridgehead atoms. The fourth-order valence-corrected chi connectivity index (χ4v) is 5.30. The zero-order valence-corrected chi connectivity index (χ0v) is 19.8. The van der Waals surface area contributed by atoms with Crippen molar-refractivity contribution >= 4 is 40.0 Å². The van der Waals surface area contributed by atoms with Gasteiger partial charge in [0.05, 0.1) is 18.9 Å². The van der Waals surface area contributed by atoms with Crippen molar-refractivity contribution in [3.63, 3.8) is 0 Å². The summed E-state index contributed by atoms with van der Waals surface area (Å²) in [7, 11) is 0. The highest BCUT2D eigenvalue weighted by Gasteiger charge is 2.29. The van der Waals surface area contributed by atoms with Gasteiger partial charge in [0.2, 0.25) is 16.9 Å². The van der Waals surface area contributed by atoms with E-state index in [2.05, 4.69) is 27.6 Å². The van der Waals surface area contributed by atoms with Gasteiger partial charge in [-0.3, -0.25) is 9.59 Å². The van der Waals surface area contributed by atoms with E-state index in [1.54, 1.807) is 16.7 Å². The summed E-state index contributed by atoms with van der Waals surface area (Å²) < 4.78 is 6.44. The van der Waals surface area contributed by atoms with Crippen molar-refractivity contribution in [3.8, 4) is 5.75 Å². The molecule has 172 valence electrons. The Morgan fingerprint density at radius 3 is 2.64 bits per heavy atom. The molecule has 1 aliphatic heterocycles. The van der Waals surface area contributed by atoms with Crippen molar-refractivity contribution in [1.82, 2.24) is 15.1 Å². The van der Waals surface area contributed by atoms with Crippen LogP contribution in [0, 0.1) is 5.92 Å². The molecule has 9 heteroatoms. The number of hydrogen-bond acceptors (Lipinski definition) is 7. The second-order valence-electron chi connectivity index (χ2n) is 7.73. The van der Waals surface area contributed by atoms with Crippen LogP contribution in [-0.4, -0.2) is 46.6 Å². The number of nitrogens with zero attached hydrogens (tertiary/aromatic N) is 3. The van der Waals surface area contributed by atoms with E-state index in [4.69, 9.17) is 4.74 Å². The number of amides is 2. The molecule has 0 spiro atoms. The molecule has 1 aromatic heterocycles. The topological polar surface area (TPSA) is 84.4 Å². The van der Waals surface area contributed by atoms with Gasteiger partial charge in [0, 0.05) is 18.8 Å². The van der Waals surface area contributed by atoms with Crippen LogP contribution in [0.5, 0.6) is 5.75 Å². The van der Waals surface area contributed by atoms with Gasteiger partial charge in [0.25, 0.3) is 0 Å². The van der Waals surface area contributed by atoms with E-state index < -0.39 is 0 Å². The monoisotopic (exact) mass is 482 g/mol. The summed E-state index contributed by atoms with van der Waals surface area (Å²) in [5, 5.41) is 11.7. The molecule has 0 aliphatic carbocycles. The first-order chi connectivity index (χ1) is 16.2. The molecule has 7 nitrogen and oxygen atoms in total. The molecule has 1 aliphatic rings. The fraction of sp³-hybridized carbons (Fsp3) is 0.333. The van der Waals surface area contributed by atoms with E-state index in [0.29, 0.717) is 31.2 Å². The summed E-state index contributed by atoms with van der Waals surface area (Å²) in [5.41, 5.74) is 1.21. The van der Waals surface area contributed by atoms with Crippen molar-refractivity contribution in [2.45, 2.75) is 29.4 Å². The number of likely N-dealkylation sites (tertiary alicyclic amines) is 1. The molecule has 2 heterocycles. The van der Waals surface area contributed by atoms with Crippen LogP contribution < -0.4 is 10.1 Å². The van der Waals surface area contributed by atoms with Gasteiger partial charge in [-0.15, -0.1) is 10.2 Å². The van der Waals surface area contributed by atoms with Crippen LogP contribution in [0.1, 0.15) is 24.8 Å². The minimum Gasteiger partial charge on any atom is -0.493 e. The lowest BCUT2D eigenvalue weighted by Gasteiger charge is -2.32. The van der Waals surface area contributed by atoms with Gasteiger partial charge in [-0.2, -0.15) is 0 Å². The lowest BCUT2D eigenvalue weighted by molar-refractivity contribution is -0.135. The zero-order valence-electron chi connectivity index (χ0n) is 18.2. The number of benzene rings is 2. The van der Waals surface area contributed by atoms with Crippen molar-refractivity contribution in [2.75, 3.05) is 25.0 Å². The maximum Gasteiger partial charge on any atom is 0.231 e. The summed E-state index contributed by atoms with van der Waals surface area (Å²) in [6, 6.07) is 19.6. The standard InChI is InChI=1S/C24H26N4O3S2/c29-21(13-15-31-20-11-5-2-6-12-20)28-14-7-10-19(16-28)22(30)25-23-26-27-24(33-23)32-17-18-8-3-1-4-9-18/h1-6,8-9,11-12,19H,7,10,13-17H2,(H,25,26,30). The zero-order chi connectivity index (χ0) is 22.9.